The molecule has 0 amide bonds. The third-order valence-electron chi connectivity index (χ3n) is 2.65. The molecule has 3 aromatic rings. The van der Waals surface area contributed by atoms with E-state index in [1.165, 1.54) is 20.5 Å². The number of nitrogens with two attached hydrogens (primary N) is 1. The molecule has 0 radical (unpaired) electrons. The Morgan fingerprint density at radius 2 is 2.00 bits per heavy atom. The Labute approximate surface area is 102 Å². The zero-order valence-electron chi connectivity index (χ0n) is 8.59. The van der Waals surface area contributed by atoms with Crippen LogP contribution in [0.1, 0.15) is 16.5 Å². The van der Waals surface area contributed by atoms with Crippen LogP contribution in [0.2, 0.25) is 0 Å². The molecule has 0 bridgehead atoms. The van der Waals surface area contributed by atoms with Gasteiger partial charge < -0.3 is 5.73 Å². The Bertz CT molecular complexity index is 562. The van der Waals surface area contributed by atoms with E-state index in [-0.39, 0.29) is 6.04 Å². The van der Waals surface area contributed by atoms with Crippen LogP contribution in [0.15, 0.2) is 47.2 Å². The quantitative estimate of drug-likeness (QED) is 0.725. The van der Waals surface area contributed by atoms with Crippen molar-refractivity contribution < 1.29 is 0 Å². The van der Waals surface area contributed by atoms with Gasteiger partial charge in [0.25, 0.3) is 0 Å². The molecule has 1 nitrogen and oxygen atoms in total. The molecule has 0 saturated heterocycles. The maximum absolute atomic E-state index is 6.24. The number of fused-ring (bicyclic) bond motifs is 1. The first kappa shape index (κ1) is 10.0. The Kier molecular flexibility index (Phi) is 2.52. The Hall–Kier alpha value is -1.16. The molecule has 1 atom stereocenters. The second-order valence-electron chi connectivity index (χ2n) is 3.72. The first-order valence-electron chi connectivity index (χ1n) is 5.11. The van der Waals surface area contributed by atoms with Crippen LogP contribution in [0.3, 0.4) is 0 Å². The normalized spacial score (nSPS) is 13.1. The van der Waals surface area contributed by atoms with Crippen LogP contribution in [0.25, 0.3) is 10.1 Å². The van der Waals surface area contributed by atoms with Gasteiger partial charge in [-0.05, 0) is 39.9 Å². The molecule has 16 heavy (non-hydrogen) atoms. The summed E-state index contributed by atoms with van der Waals surface area (Å²) in [5.74, 6) is 0. The molecule has 2 N–H and O–H groups in total. The van der Waals surface area contributed by atoms with Crippen molar-refractivity contribution in [1.82, 2.24) is 0 Å². The lowest BCUT2D eigenvalue weighted by Gasteiger charge is -2.05. The molecule has 2 aromatic heterocycles. The van der Waals surface area contributed by atoms with Gasteiger partial charge in [-0.25, -0.2) is 0 Å². The van der Waals surface area contributed by atoms with Crippen molar-refractivity contribution in [2.24, 2.45) is 5.73 Å². The predicted molar refractivity (Wildman–Crippen MR) is 72.2 cm³/mol. The standard InChI is InChI=1S/C13H11NS2/c14-13(10-5-6-15-8-10)12-7-9-3-1-2-4-11(9)16-12/h1-8,13H,14H2. The minimum Gasteiger partial charge on any atom is -0.320 e. The minimum atomic E-state index is 0.0173. The Balaban J connectivity index is 2.06. The van der Waals surface area contributed by atoms with E-state index < -0.39 is 0 Å². The first-order valence-corrected chi connectivity index (χ1v) is 6.87. The van der Waals surface area contributed by atoms with E-state index in [1.54, 1.807) is 22.7 Å². The molecule has 0 spiro atoms. The lowest BCUT2D eigenvalue weighted by molar-refractivity contribution is 0.900. The van der Waals surface area contributed by atoms with Crippen molar-refractivity contribution in [2.75, 3.05) is 0 Å². The maximum atomic E-state index is 6.24. The molecule has 3 rings (SSSR count). The lowest BCUT2D eigenvalue weighted by atomic mass is 10.1. The topological polar surface area (TPSA) is 26.0 Å². The van der Waals surface area contributed by atoms with Gasteiger partial charge in [0.05, 0.1) is 6.04 Å². The number of hydrogen-bond acceptors (Lipinski definition) is 3. The van der Waals surface area contributed by atoms with Gasteiger partial charge in [0.2, 0.25) is 0 Å². The van der Waals surface area contributed by atoms with E-state index in [2.05, 4.69) is 47.2 Å². The van der Waals surface area contributed by atoms with Crippen LogP contribution in [0.4, 0.5) is 0 Å². The van der Waals surface area contributed by atoms with Gasteiger partial charge in [-0.3, -0.25) is 0 Å². The summed E-state index contributed by atoms with van der Waals surface area (Å²) >= 11 is 3.48. The van der Waals surface area contributed by atoms with Gasteiger partial charge in [0.1, 0.15) is 0 Å². The molecular weight excluding hydrogens is 234 g/mol. The average molecular weight is 245 g/mol. The fourth-order valence-electron chi connectivity index (χ4n) is 1.77. The maximum Gasteiger partial charge on any atom is 0.0654 e. The molecule has 2 heterocycles. The summed E-state index contributed by atoms with van der Waals surface area (Å²) in [4.78, 5) is 1.24. The van der Waals surface area contributed by atoms with E-state index in [0.717, 1.165) is 0 Å². The van der Waals surface area contributed by atoms with Gasteiger partial charge in [-0.15, -0.1) is 11.3 Å². The number of rotatable bonds is 2. The van der Waals surface area contributed by atoms with E-state index in [1.807, 2.05) is 0 Å². The lowest BCUT2D eigenvalue weighted by Crippen LogP contribution is -2.08. The van der Waals surface area contributed by atoms with Gasteiger partial charge >= 0.3 is 0 Å². The van der Waals surface area contributed by atoms with E-state index in [4.69, 9.17) is 5.73 Å². The van der Waals surface area contributed by atoms with Crippen molar-refractivity contribution in [3.8, 4) is 0 Å². The summed E-state index contributed by atoms with van der Waals surface area (Å²) in [6, 6.07) is 12.7. The van der Waals surface area contributed by atoms with Crippen LogP contribution >= 0.6 is 22.7 Å². The van der Waals surface area contributed by atoms with Crippen molar-refractivity contribution in [2.45, 2.75) is 6.04 Å². The largest absolute Gasteiger partial charge is 0.320 e. The molecule has 1 aromatic carbocycles. The van der Waals surface area contributed by atoms with Crippen LogP contribution in [0.5, 0.6) is 0 Å². The molecular formula is C13H11NS2. The smallest absolute Gasteiger partial charge is 0.0654 e. The van der Waals surface area contributed by atoms with E-state index >= 15 is 0 Å². The Morgan fingerprint density at radius 3 is 2.75 bits per heavy atom. The van der Waals surface area contributed by atoms with Gasteiger partial charge in [0, 0.05) is 9.58 Å². The van der Waals surface area contributed by atoms with Crippen LogP contribution in [-0.2, 0) is 0 Å². The van der Waals surface area contributed by atoms with Crippen LogP contribution in [0, 0.1) is 0 Å². The summed E-state index contributed by atoms with van der Waals surface area (Å²) in [5.41, 5.74) is 7.45. The van der Waals surface area contributed by atoms with Crippen molar-refractivity contribution >= 4 is 32.8 Å². The summed E-state index contributed by atoms with van der Waals surface area (Å²) in [6.45, 7) is 0. The highest BCUT2D eigenvalue weighted by Crippen LogP contribution is 2.32. The molecule has 1 unspecified atom stereocenters. The van der Waals surface area contributed by atoms with Crippen LogP contribution in [-0.4, -0.2) is 0 Å². The second-order valence-corrected chi connectivity index (χ2v) is 5.62. The molecule has 0 aliphatic carbocycles. The fraction of sp³-hybridized carbons (Fsp3) is 0.0769. The SMILES string of the molecule is NC(c1ccsc1)c1cc2ccccc2s1. The number of thiophene rings is 2. The van der Waals surface area contributed by atoms with Gasteiger partial charge in [0.15, 0.2) is 0 Å². The van der Waals surface area contributed by atoms with E-state index in [0.29, 0.717) is 0 Å². The summed E-state index contributed by atoms with van der Waals surface area (Å²) in [7, 11) is 0. The molecule has 0 aliphatic rings. The third kappa shape index (κ3) is 1.67. The highest BCUT2D eigenvalue weighted by molar-refractivity contribution is 7.19. The highest BCUT2D eigenvalue weighted by atomic mass is 32.1. The second kappa shape index (κ2) is 4.01. The number of benzene rings is 1. The van der Waals surface area contributed by atoms with Gasteiger partial charge in [-0.1, -0.05) is 18.2 Å². The van der Waals surface area contributed by atoms with Crippen molar-refractivity contribution in [3.63, 3.8) is 0 Å². The summed E-state index contributed by atoms with van der Waals surface area (Å²) < 4.78 is 1.31. The first-order chi connectivity index (χ1) is 7.84. The van der Waals surface area contributed by atoms with Gasteiger partial charge in [-0.2, -0.15) is 11.3 Å². The molecule has 0 fully saturated rings. The zero-order chi connectivity index (χ0) is 11.0. The highest BCUT2D eigenvalue weighted by Gasteiger charge is 2.12. The Morgan fingerprint density at radius 1 is 1.12 bits per heavy atom. The predicted octanol–water partition coefficient (Wildman–Crippen LogP) is 4.01. The average Bonchev–Trinajstić information content (AvgIpc) is 2.97. The van der Waals surface area contributed by atoms with Crippen LogP contribution < -0.4 is 5.73 Å². The van der Waals surface area contributed by atoms with Crippen molar-refractivity contribution in [3.05, 3.63) is 57.6 Å². The molecule has 3 heteroatoms. The third-order valence-corrected chi connectivity index (χ3v) is 4.55. The summed E-state index contributed by atoms with van der Waals surface area (Å²) in [5, 5.41) is 5.48. The fourth-order valence-corrected chi connectivity index (χ4v) is 3.56. The minimum absolute atomic E-state index is 0.0173. The zero-order valence-corrected chi connectivity index (χ0v) is 10.2. The summed E-state index contributed by atoms with van der Waals surface area (Å²) in [6.07, 6.45) is 0. The van der Waals surface area contributed by atoms with Crippen molar-refractivity contribution in [1.29, 1.82) is 0 Å². The van der Waals surface area contributed by atoms with E-state index in [9.17, 15) is 0 Å². The molecule has 0 saturated carbocycles. The molecule has 80 valence electrons. The monoisotopic (exact) mass is 245 g/mol. The molecule has 0 aliphatic heterocycles. The number of hydrogen-bond donors (Lipinski definition) is 1.